The molecule has 0 radical (unpaired) electrons. The Bertz CT molecular complexity index is 682. The highest BCUT2D eigenvalue weighted by atomic mass is 32.2. The minimum Gasteiger partial charge on any atom is -0.494 e. The van der Waals surface area contributed by atoms with Gasteiger partial charge in [0, 0.05) is 6.04 Å². The van der Waals surface area contributed by atoms with Crippen LogP contribution in [0.1, 0.15) is 31.9 Å². The predicted molar refractivity (Wildman–Crippen MR) is 87.4 cm³/mol. The van der Waals surface area contributed by atoms with Crippen molar-refractivity contribution in [2.45, 2.75) is 31.2 Å². The van der Waals surface area contributed by atoms with Gasteiger partial charge in [0.25, 0.3) is 0 Å². The van der Waals surface area contributed by atoms with Crippen LogP contribution in [0.4, 0.5) is 0 Å². The first-order valence-electron chi connectivity index (χ1n) is 7.37. The molecule has 0 spiro atoms. The van der Waals surface area contributed by atoms with Crippen molar-refractivity contribution in [1.29, 1.82) is 0 Å². The second-order valence-corrected chi connectivity index (χ2v) is 6.61. The van der Waals surface area contributed by atoms with Crippen LogP contribution >= 0.6 is 0 Å². The zero-order valence-corrected chi connectivity index (χ0v) is 13.6. The van der Waals surface area contributed by atoms with Crippen molar-refractivity contribution < 1.29 is 13.2 Å². The quantitative estimate of drug-likeness (QED) is 0.849. The van der Waals surface area contributed by atoms with E-state index in [4.69, 9.17) is 4.74 Å². The highest BCUT2D eigenvalue weighted by Gasteiger charge is 2.20. The van der Waals surface area contributed by atoms with Crippen LogP contribution in [0.5, 0.6) is 5.75 Å². The highest BCUT2D eigenvalue weighted by Crippen LogP contribution is 2.21. The van der Waals surface area contributed by atoms with Gasteiger partial charge in [-0.25, -0.2) is 13.1 Å². The van der Waals surface area contributed by atoms with Crippen molar-refractivity contribution in [3.8, 4) is 5.75 Å². The minimum absolute atomic E-state index is 0.238. The van der Waals surface area contributed by atoms with Gasteiger partial charge < -0.3 is 4.74 Å². The Balaban J connectivity index is 2.19. The molecule has 22 heavy (non-hydrogen) atoms. The van der Waals surface area contributed by atoms with Crippen molar-refractivity contribution >= 4 is 10.0 Å². The van der Waals surface area contributed by atoms with E-state index in [0.717, 1.165) is 5.56 Å². The van der Waals surface area contributed by atoms with Gasteiger partial charge in [-0.3, -0.25) is 0 Å². The van der Waals surface area contributed by atoms with Gasteiger partial charge in [-0.1, -0.05) is 37.3 Å². The number of nitrogens with one attached hydrogen (secondary N) is 1. The number of rotatable bonds is 7. The molecule has 2 aromatic carbocycles. The number of hydrogen-bond donors (Lipinski definition) is 1. The second-order valence-electron chi connectivity index (χ2n) is 4.90. The zero-order chi connectivity index (χ0) is 16.0. The third-order valence-corrected chi connectivity index (χ3v) is 4.84. The van der Waals surface area contributed by atoms with Crippen molar-refractivity contribution in [3.63, 3.8) is 0 Å². The van der Waals surface area contributed by atoms with Crippen molar-refractivity contribution in [2.75, 3.05) is 6.61 Å². The van der Waals surface area contributed by atoms with E-state index in [1.165, 1.54) is 0 Å². The Morgan fingerprint density at radius 3 is 2.18 bits per heavy atom. The van der Waals surface area contributed by atoms with Gasteiger partial charge in [0.1, 0.15) is 5.75 Å². The molecular weight excluding hydrogens is 298 g/mol. The third-order valence-electron chi connectivity index (χ3n) is 3.35. The number of hydrogen-bond acceptors (Lipinski definition) is 3. The molecule has 0 amide bonds. The minimum atomic E-state index is -3.56. The van der Waals surface area contributed by atoms with Crippen LogP contribution in [0.15, 0.2) is 59.5 Å². The first kappa shape index (κ1) is 16.5. The Hall–Kier alpha value is -1.85. The molecule has 0 aliphatic rings. The van der Waals surface area contributed by atoms with E-state index >= 15 is 0 Å². The van der Waals surface area contributed by atoms with Gasteiger partial charge in [0.15, 0.2) is 0 Å². The predicted octanol–water partition coefficient (Wildman–Crippen LogP) is 3.51. The van der Waals surface area contributed by atoms with Gasteiger partial charge in [-0.2, -0.15) is 0 Å². The lowest BCUT2D eigenvalue weighted by Crippen LogP contribution is -2.28. The van der Waals surface area contributed by atoms with E-state index < -0.39 is 10.0 Å². The normalized spacial score (nSPS) is 12.8. The van der Waals surface area contributed by atoms with Gasteiger partial charge in [0.2, 0.25) is 10.0 Å². The third kappa shape index (κ3) is 4.08. The molecule has 0 saturated carbocycles. The molecule has 2 rings (SSSR count). The van der Waals surface area contributed by atoms with Crippen molar-refractivity contribution in [2.24, 2.45) is 0 Å². The summed E-state index contributed by atoms with van der Waals surface area (Å²) in [4.78, 5) is 0.241. The second kappa shape index (κ2) is 7.42. The van der Waals surface area contributed by atoms with Crippen LogP contribution in [0.3, 0.4) is 0 Å². The van der Waals surface area contributed by atoms with Crippen molar-refractivity contribution in [3.05, 3.63) is 60.2 Å². The maximum absolute atomic E-state index is 12.5. The van der Waals surface area contributed by atoms with Gasteiger partial charge in [-0.15, -0.1) is 0 Å². The van der Waals surface area contributed by atoms with Crippen LogP contribution in [0.25, 0.3) is 0 Å². The lowest BCUT2D eigenvalue weighted by molar-refractivity contribution is 0.340. The number of benzene rings is 2. The van der Waals surface area contributed by atoms with Crippen molar-refractivity contribution in [1.82, 2.24) is 4.72 Å². The average molecular weight is 319 g/mol. The summed E-state index contributed by atoms with van der Waals surface area (Å²) in [5, 5.41) is 0. The molecule has 2 aromatic rings. The summed E-state index contributed by atoms with van der Waals surface area (Å²) in [6.07, 6.45) is 0.681. The molecule has 0 aliphatic carbocycles. The number of ether oxygens (including phenoxy) is 1. The molecule has 0 aromatic heterocycles. The average Bonchev–Trinajstić information content (AvgIpc) is 2.54. The summed E-state index contributed by atoms with van der Waals surface area (Å²) in [5.74, 6) is 0.663. The van der Waals surface area contributed by atoms with E-state index in [1.54, 1.807) is 24.3 Å². The molecule has 0 saturated heterocycles. The molecule has 118 valence electrons. The fourth-order valence-corrected chi connectivity index (χ4v) is 3.52. The smallest absolute Gasteiger partial charge is 0.241 e. The Morgan fingerprint density at radius 2 is 1.64 bits per heavy atom. The van der Waals surface area contributed by atoms with E-state index in [2.05, 4.69) is 4.72 Å². The van der Waals surface area contributed by atoms with Gasteiger partial charge in [-0.05, 0) is 43.2 Å². The van der Waals surface area contributed by atoms with E-state index in [0.29, 0.717) is 18.8 Å². The summed E-state index contributed by atoms with van der Waals surface area (Å²) in [6, 6.07) is 15.8. The fraction of sp³-hybridized carbons (Fsp3) is 0.294. The van der Waals surface area contributed by atoms with Crippen LogP contribution in [0, 0.1) is 0 Å². The molecule has 4 nitrogen and oxygen atoms in total. The van der Waals surface area contributed by atoms with Gasteiger partial charge >= 0.3 is 0 Å². The van der Waals surface area contributed by atoms with Crippen LogP contribution in [-0.4, -0.2) is 15.0 Å². The Labute approximate surface area is 132 Å². The lowest BCUT2D eigenvalue weighted by Gasteiger charge is -2.17. The zero-order valence-electron chi connectivity index (χ0n) is 12.8. The summed E-state index contributed by atoms with van der Waals surface area (Å²) in [7, 11) is -3.56. The first-order chi connectivity index (χ1) is 10.6. The largest absolute Gasteiger partial charge is 0.494 e. The molecule has 1 N–H and O–H groups in total. The van der Waals surface area contributed by atoms with E-state index in [-0.39, 0.29) is 10.9 Å². The topological polar surface area (TPSA) is 55.4 Å². The molecule has 5 heteroatoms. The summed E-state index contributed by atoms with van der Waals surface area (Å²) < 4.78 is 33.1. The molecule has 0 bridgehead atoms. The standard InChI is InChI=1S/C17H21NO3S/c1-3-17(14-8-6-5-7-9-14)18-22(19,20)16-12-10-15(11-13-16)21-4-2/h5-13,17-18H,3-4H2,1-2H3. The Morgan fingerprint density at radius 1 is 1.00 bits per heavy atom. The van der Waals surface area contributed by atoms with E-state index in [1.807, 2.05) is 44.2 Å². The molecular formula is C17H21NO3S. The molecule has 1 atom stereocenters. The lowest BCUT2D eigenvalue weighted by atomic mass is 10.1. The summed E-state index contributed by atoms with van der Waals surface area (Å²) in [6.45, 7) is 4.40. The number of sulfonamides is 1. The summed E-state index contributed by atoms with van der Waals surface area (Å²) in [5.41, 5.74) is 0.958. The highest BCUT2D eigenvalue weighted by molar-refractivity contribution is 7.89. The molecule has 1 unspecified atom stereocenters. The summed E-state index contributed by atoms with van der Waals surface area (Å²) >= 11 is 0. The Kier molecular flexibility index (Phi) is 5.57. The maximum Gasteiger partial charge on any atom is 0.241 e. The van der Waals surface area contributed by atoms with Crippen LogP contribution < -0.4 is 9.46 Å². The molecule has 0 heterocycles. The van der Waals surface area contributed by atoms with Gasteiger partial charge in [0.05, 0.1) is 11.5 Å². The first-order valence-corrected chi connectivity index (χ1v) is 8.85. The maximum atomic E-state index is 12.5. The fourth-order valence-electron chi connectivity index (χ4n) is 2.21. The SMILES string of the molecule is CCOc1ccc(S(=O)(=O)NC(CC)c2ccccc2)cc1. The van der Waals surface area contributed by atoms with Crippen LogP contribution in [0.2, 0.25) is 0 Å². The molecule has 0 fully saturated rings. The van der Waals surface area contributed by atoms with Crippen LogP contribution in [-0.2, 0) is 10.0 Å². The molecule has 0 aliphatic heterocycles. The monoisotopic (exact) mass is 319 g/mol. The van der Waals surface area contributed by atoms with E-state index in [9.17, 15) is 8.42 Å².